The maximum absolute atomic E-state index is 14.1. The fourth-order valence-corrected chi connectivity index (χ4v) is 5.43. The molecule has 0 atom stereocenters. The number of benzene rings is 6. The number of aromatic nitrogens is 1. The zero-order chi connectivity index (χ0) is 26.2. The van der Waals surface area contributed by atoms with Gasteiger partial charge in [-0.05, 0) is 69.8 Å². The summed E-state index contributed by atoms with van der Waals surface area (Å²) >= 11 is 0. The van der Waals surface area contributed by atoms with Crippen molar-refractivity contribution in [1.29, 1.82) is 0 Å². The molecule has 0 bridgehead atoms. The predicted octanol–water partition coefficient (Wildman–Crippen LogP) is 9.14. The van der Waals surface area contributed by atoms with E-state index in [1.54, 1.807) is 0 Å². The summed E-state index contributed by atoms with van der Waals surface area (Å²) < 4.78 is 2.21. The number of rotatable bonds is 4. The Bertz CT molecular complexity index is 1890. The van der Waals surface area contributed by atoms with Crippen molar-refractivity contribution in [3.8, 4) is 39.1 Å². The Kier molecular flexibility index (Phi) is 5.64. The van der Waals surface area contributed by atoms with E-state index in [-0.39, 0.29) is 5.43 Å². The van der Waals surface area contributed by atoms with E-state index in [1.807, 2.05) is 54.6 Å². The second-order valence-corrected chi connectivity index (χ2v) is 9.77. The van der Waals surface area contributed by atoms with Gasteiger partial charge in [0.15, 0.2) is 5.43 Å². The number of fused-ring (bicyclic) bond motifs is 2. The van der Waals surface area contributed by atoms with Crippen LogP contribution in [0.2, 0.25) is 0 Å². The first-order valence-electron chi connectivity index (χ1n) is 13.2. The zero-order valence-corrected chi connectivity index (χ0v) is 21.3. The molecule has 0 aliphatic carbocycles. The largest absolute Gasteiger partial charge is 0.309 e. The van der Waals surface area contributed by atoms with Crippen molar-refractivity contribution >= 4 is 21.8 Å². The molecule has 7 rings (SSSR count). The van der Waals surface area contributed by atoms with Crippen LogP contribution in [0.1, 0.15) is 0 Å². The summed E-state index contributed by atoms with van der Waals surface area (Å²) in [5.41, 5.74) is 9.45. The molecule has 0 aliphatic rings. The molecule has 0 unspecified atom stereocenters. The Balaban J connectivity index is 1.49. The van der Waals surface area contributed by atoms with E-state index in [2.05, 4.69) is 102 Å². The van der Waals surface area contributed by atoms with Crippen molar-refractivity contribution < 1.29 is 0 Å². The lowest BCUT2D eigenvalue weighted by molar-refractivity contribution is 1.16. The predicted molar refractivity (Wildman–Crippen MR) is 163 cm³/mol. The fourth-order valence-electron chi connectivity index (χ4n) is 5.43. The SMILES string of the molecule is O=c1c2cc(-c3ccccc3)ccc2n(-c2ccc(-c3ccccc3)cc2)c2ccc(-c3ccccc3)cc12. The highest BCUT2D eigenvalue weighted by Gasteiger charge is 2.15. The zero-order valence-electron chi connectivity index (χ0n) is 21.3. The fraction of sp³-hybridized carbons (Fsp3) is 0. The second-order valence-electron chi connectivity index (χ2n) is 9.77. The Labute approximate surface area is 227 Å². The Morgan fingerprint density at radius 1 is 0.359 bits per heavy atom. The maximum Gasteiger partial charge on any atom is 0.197 e. The normalized spacial score (nSPS) is 11.2. The Morgan fingerprint density at radius 2 is 0.718 bits per heavy atom. The van der Waals surface area contributed by atoms with Crippen LogP contribution in [0.5, 0.6) is 0 Å². The van der Waals surface area contributed by atoms with Crippen molar-refractivity contribution in [2.45, 2.75) is 0 Å². The highest BCUT2D eigenvalue weighted by Crippen LogP contribution is 2.31. The molecule has 0 radical (unpaired) electrons. The quantitative estimate of drug-likeness (QED) is 0.221. The third kappa shape index (κ3) is 4.13. The van der Waals surface area contributed by atoms with Crippen molar-refractivity contribution in [2.75, 3.05) is 0 Å². The molecule has 184 valence electrons. The van der Waals surface area contributed by atoms with E-state index in [0.717, 1.165) is 44.5 Å². The van der Waals surface area contributed by atoms with E-state index < -0.39 is 0 Å². The van der Waals surface area contributed by atoms with Gasteiger partial charge in [0, 0.05) is 16.5 Å². The van der Waals surface area contributed by atoms with Gasteiger partial charge in [-0.2, -0.15) is 0 Å². The number of pyridine rings is 1. The van der Waals surface area contributed by atoms with Gasteiger partial charge in [0.2, 0.25) is 0 Å². The van der Waals surface area contributed by atoms with E-state index in [4.69, 9.17) is 0 Å². The van der Waals surface area contributed by atoms with Crippen LogP contribution in [0.15, 0.2) is 156 Å². The molecule has 0 amide bonds. The van der Waals surface area contributed by atoms with Gasteiger partial charge in [0.1, 0.15) is 0 Å². The van der Waals surface area contributed by atoms with E-state index in [1.165, 1.54) is 5.56 Å². The van der Waals surface area contributed by atoms with Gasteiger partial charge >= 0.3 is 0 Å². The molecule has 0 spiro atoms. The second kappa shape index (κ2) is 9.59. The van der Waals surface area contributed by atoms with Crippen LogP contribution in [-0.4, -0.2) is 4.57 Å². The molecule has 1 heterocycles. The standard InChI is InChI=1S/C37H25NO/c39-37-33-24-30(27-12-6-2-7-13-27)18-22-35(33)38(32-20-16-29(17-21-32)26-10-4-1-5-11-26)36-23-19-31(25-34(36)37)28-14-8-3-9-15-28/h1-25H. The van der Waals surface area contributed by atoms with Crippen LogP contribution in [0.25, 0.3) is 60.9 Å². The van der Waals surface area contributed by atoms with Crippen LogP contribution >= 0.6 is 0 Å². The molecule has 0 saturated carbocycles. The van der Waals surface area contributed by atoms with Gasteiger partial charge in [-0.15, -0.1) is 0 Å². The summed E-state index contributed by atoms with van der Waals surface area (Å²) in [5.74, 6) is 0. The molecular weight excluding hydrogens is 474 g/mol. The highest BCUT2D eigenvalue weighted by molar-refractivity contribution is 5.98. The minimum absolute atomic E-state index is 0.0488. The van der Waals surface area contributed by atoms with Gasteiger partial charge in [-0.1, -0.05) is 115 Å². The van der Waals surface area contributed by atoms with Gasteiger partial charge in [0.25, 0.3) is 0 Å². The minimum Gasteiger partial charge on any atom is -0.309 e. The first kappa shape index (κ1) is 22.9. The van der Waals surface area contributed by atoms with Gasteiger partial charge in [-0.25, -0.2) is 0 Å². The molecular formula is C37H25NO. The first-order valence-corrected chi connectivity index (χ1v) is 13.2. The molecule has 1 aromatic heterocycles. The molecule has 0 saturated heterocycles. The summed E-state index contributed by atoms with van der Waals surface area (Å²) in [7, 11) is 0. The third-order valence-corrected chi connectivity index (χ3v) is 7.41. The number of hydrogen-bond donors (Lipinski definition) is 0. The minimum atomic E-state index is 0.0488. The van der Waals surface area contributed by atoms with E-state index in [9.17, 15) is 4.79 Å². The smallest absolute Gasteiger partial charge is 0.197 e. The van der Waals surface area contributed by atoms with Gasteiger partial charge in [-0.3, -0.25) is 4.79 Å². The summed E-state index contributed by atoms with van der Waals surface area (Å²) in [6, 6.07) is 51.9. The topological polar surface area (TPSA) is 22.0 Å². The monoisotopic (exact) mass is 499 g/mol. The molecule has 7 aromatic rings. The summed E-state index contributed by atoms with van der Waals surface area (Å²) in [5, 5.41) is 1.42. The van der Waals surface area contributed by atoms with Crippen LogP contribution in [0.3, 0.4) is 0 Å². The van der Waals surface area contributed by atoms with Crippen LogP contribution < -0.4 is 5.43 Å². The molecule has 0 N–H and O–H groups in total. The third-order valence-electron chi connectivity index (χ3n) is 7.41. The highest BCUT2D eigenvalue weighted by atomic mass is 16.1. The molecule has 0 fully saturated rings. The molecule has 2 heteroatoms. The first-order chi connectivity index (χ1) is 19.3. The van der Waals surface area contributed by atoms with Gasteiger partial charge in [0.05, 0.1) is 11.0 Å². The lowest BCUT2D eigenvalue weighted by atomic mass is 9.99. The number of nitrogens with zero attached hydrogens (tertiary/aromatic N) is 1. The average molecular weight is 500 g/mol. The molecule has 6 aromatic carbocycles. The summed E-state index contributed by atoms with van der Waals surface area (Å²) in [4.78, 5) is 14.1. The average Bonchev–Trinajstić information content (AvgIpc) is 3.02. The lowest BCUT2D eigenvalue weighted by Gasteiger charge is -2.17. The molecule has 2 nitrogen and oxygen atoms in total. The Hall–Kier alpha value is -5.21. The van der Waals surface area contributed by atoms with Crippen LogP contribution in [0.4, 0.5) is 0 Å². The lowest BCUT2D eigenvalue weighted by Crippen LogP contribution is -2.11. The van der Waals surface area contributed by atoms with Crippen LogP contribution in [-0.2, 0) is 0 Å². The van der Waals surface area contributed by atoms with Crippen molar-refractivity contribution in [3.63, 3.8) is 0 Å². The van der Waals surface area contributed by atoms with E-state index >= 15 is 0 Å². The molecule has 0 aliphatic heterocycles. The van der Waals surface area contributed by atoms with Gasteiger partial charge < -0.3 is 4.57 Å². The maximum atomic E-state index is 14.1. The molecule has 39 heavy (non-hydrogen) atoms. The van der Waals surface area contributed by atoms with Crippen molar-refractivity contribution in [3.05, 3.63) is 162 Å². The van der Waals surface area contributed by atoms with Crippen LogP contribution in [0, 0.1) is 0 Å². The van der Waals surface area contributed by atoms with Crippen molar-refractivity contribution in [1.82, 2.24) is 4.57 Å². The summed E-state index contributed by atoms with van der Waals surface area (Å²) in [6.07, 6.45) is 0. The summed E-state index contributed by atoms with van der Waals surface area (Å²) in [6.45, 7) is 0. The van der Waals surface area contributed by atoms with E-state index in [0.29, 0.717) is 10.8 Å². The Morgan fingerprint density at radius 3 is 1.15 bits per heavy atom. The van der Waals surface area contributed by atoms with Crippen molar-refractivity contribution in [2.24, 2.45) is 0 Å². The number of hydrogen-bond acceptors (Lipinski definition) is 1.